The molecule has 0 amide bonds. The van der Waals surface area contributed by atoms with Gasteiger partial charge in [0.15, 0.2) is 0 Å². The first-order chi connectivity index (χ1) is 11.1. The molecule has 2 N–H and O–H groups in total. The summed E-state index contributed by atoms with van der Waals surface area (Å²) in [6.45, 7) is 2.59. The van der Waals surface area contributed by atoms with E-state index in [1.807, 2.05) is 30.3 Å². The molecule has 0 aliphatic heterocycles. The number of hydrogen-bond donors (Lipinski definition) is 2. The van der Waals surface area contributed by atoms with Crippen molar-refractivity contribution in [2.24, 2.45) is 23.2 Å². The van der Waals surface area contributed by atoms with Gasteiger partial charge in [0.05, 0.1) is 6.61 Å². The third-order valence-electron chi connectivity index (χ3n) is 6.69. The normalized spacial score (nSPS) is 37.7. The van der Waals surface area contributed by atoms with E-state index in [1.165, 1.54) is 38.5 Å². The van der Waals surface area contributed by atoms with Gasteiger partial charge in [0.25, 0.3) is 0 Å². The van der Waals surface area contributed by atoms with Gasteiger partial charge in [-0.2, -0.15) is 5.48 Å². The summed E-state index contributed by atoms with van der Waals surface area (Å²) in [7, 11) is 0. The van der Waals surface area contributed by atoms with Gasteiger partial charge in [0.2, 0.25) is 0 Å². The van der Waals surface area contributed by atoms with E-state index in [-0.39, 0.29) is 0 Å². The number of aliphatic hydroxyl groups is 1. The Hall–Kier alpha value is -0.900. The Morgan fingerprint density at radius 3 is 2.22 bits per heavy atom. The van der Waals surface area contributed by atoms with Crippen LogP contribution in [-0.2, 0) is 4.84 Å². The van der Waals surface area contributed by atoms with E-state index in [9.17, 15) is 5.11 Å². The summed E-state index contributed by atoms with van der Waals surface area (Å²) in [4.78, 5) is 5.70. The molecule has 1 aromatic rings. The molecule has 1 aromatic carbocycles. The van der Waals surface area contributed by atoms with Crippen molar-refractivity contribution in [2.45, 2.75) is 57.6 Å². The Balaban J connectivity index is 1.31. The lowest BCUT2D eigenvalue weighted by Gasteiger charge is -2.59. The smallest absolute Gasteiger partial charge is 0.104 e. The summed E-state index contributed by atoms with van der Waals surface area (Å²) < 4.78 is 0. The number of aliphatic hydroxyl groups excluding tert-OH is 1. The highest BCUT2D eigenvalue weighted by atomic mass is 16.6. The SMILES string of the molecule is C[C@@H](NOC[C@H](O)c1ccccc1)C12CC3CC(CC(C3)C1)C2. The van der Waals surface area contributed by atoms with Crippen LogP contribution in [0.2, 0.25) is 0 Å². The Morgan fingerprint density at radius 2 is 1.65 bits per heavy atom. The maximum Gasteiger partial charge on any atom is 0.104 e. The van der Waals surface area contributed by atoms with E-state index in [1.54, 1.807) is 0 Å². The van der Waals surface area contributed by atoms with Crippen LogP contribution in [0.25, 0.3) is 0 Å². The van der Waals surface area contributed by atoms with Gasteiger partial charge < -0.3 is 5.11 Å². The Bertz CT molecular complexity index is 494. The molecule has 5 rings (SSSR count). The van der Waals surface area contributed by atoms with Crippen molar-refractivity contribution < 1.29 is 9.94 Å². The molecule has 4 aliphatic carbocycles. The molecule has 3 heteroatoms. The zero-order valence-electron chi connectivity index (χ0n) is 14.1. The fourth-order valence-corrected chi connectivity index (χ4v) is 5.86. The third-order valence-corrected chi connectivity index (χ3v) is 6.69. The summed E-state index contributed by atoms with van der Waals surface area (Å²) in [5.41, 5.74) is 4.63. The Morgan fingerprint density at radius 1 is 1.09 bits per heavy atom. The molecule has 126 valence electrons. The molecule has 0 aromatic heterocycles. The predicted octanol–water partition coefficient (Wildman–Crippen LogP) is 3.85. The molecule has 4 fully saturated rings. The molecule has 4 aliphatic rings. The molecule has 4 saturated carbocycles. The molecule has 4 bridgehead atoms. The van der Waals surface area contributed by atoms with Crippen molar-refractivity contribution in [3.8, 4) is 0 Å². The molecule has 0 radical (unpaired) electrons. The van der Waals surface area contributed by atoms with Crippen LogP contribution in [0.4, 0.5) is 0 Å². The number of hydroxylamine groups is 1. The Kier molecular flexibility index (Phi) is 4.21. The van der Waals surface area contributed by atoms with Gasteiger partial charge in [-0.25, -0.2) is 0 Å². The maximum atomic E-state index is 10.2. The molecule has 2 atom stereocenters. The van der Waals surface area contributed by atoms with Crippen LogP contribution in [0.15, 0.2) is 30.3 Å². The van der Waals surface area contributed by atoms with Crippen LogP contribution < -0.4 is 5.48 Å². The fourth-order valence-electron chi connectivity index (χ4n) is 5.86. The minimum absolute atomic E-state index is 0.306. The van der Waals surface area contributed by atoms with Crippen molar-refractivity contribution in [2.75, 3.05) is 6.61 Å². The molecule has 0 saturated heterocycles. The van der Waals surface area contributed by atoms with Gasteiger partial charge in [0, 0.05) is 6.04 Å². The van der Waals surface area contributed by atoms with E-state index < -0.39 is 6.10 Å². The number of benzene rings is 1. The van der Waals surface area contributed by atoms with Gasteiger partial charge in [-0.1, -0.05) is 30.3 Å². The van der Waals surface area contributed by atoms with E-state index in [4.69, 9.17) is 4.84 Å². The quantitative estimate of drug-likeness (QED) is 0.784. The van der Waals surface area contributed by atoms with Crippen molar-refractivity contribution >= 4 is 0 Å². The van der Waals surface area contributed by atoms with Crippen LogP contribution >= 0.6 is 0 Å². The van der Waals surface area contributed by atoms with Crippen LogP contribution in [-0.4, -0.2) is 17.8 Å². The lowest BCUT2D eigenvalue weighted by atomic mass is 9.48. The second kappa shape index (κ2) is 6.19. The molecule has 0 spiro atoms. The monoisotopic (exact) mass is 315 g/mol. The highest BCUT2D eigenvalue weighted by Gasteiger charge is 2.53. The van der Waals surface area contributed by atoms with Crippen LogP contribution in [0.5, 0.6) is 0 Å². The van der Waals surface area contributed by atoms with Crippen LogP contribution in [0.3, 0.4) is 0 Å². The predicted molar refractivity (Wildman–Crippen MR) is 90.6 cm³/mol. The first-order valence-electron chi connectivity index (χ1n) is 9.25. The van der Waals surface area contributed by atoms with Crippen molar-refractivity contribution in [3.63, 3.8) is 0 Å². The topological polar surface area (TPSA) is 41.5 Å². The largest absolute Gasteiger partial charge is 0.386 e. The molecule has 0 unspecified atom stereocenters. The first kappa shape index (κ1) is 15.6. The highest BCUT2D eigenvalue weighted by Crippen LogP contribution is 2.61. The Labute approximate surface area is 139 Å². The zero-order valence-corrected chi connectivity index (χ0v) is 14.1. The van der Waals surface area contributed by atoms with Crippen molar-refractivity contribution in [3.05, 3.63) is 35.9 Å². The second-order valence-corrected chi connectivity index (χ2v) is 8.36. The molecule has 23 heavy (non-hydrogen) atoms. The highest BCUT2D eigenvalue weighted by molar-refractivity contribution is 5.17. The van der Waals surface area contributed by atoms with Gasteiger partial charge in [-0.05, 0) is 74.2 Å². The number of hydrogen-bond acceptors (Lipinski definition) is 3. The average molecular weight is 315 g/mol. The lowest BCUT2D eigenvalue weighted by Crippen LogP contribution is -2.54. The second-order valence-electron chi connectivity index (χ2n) is 8.36. The van der Waals surface area contributed by atoms with Gasteiger partial charge in [-0.3, -0.25) is 4.84 Å². The summed E-state index contributed by atoms with van der Waals surface area (Å²) in [5, 5.41) is 10.2. The van der Waals surface area contributed by atoms with Gasteiger partial charge in [0.1, 0.15) is 6.10 Å². The number of nitrogens with one attached hydrogen (secondary N) is 1. The van der Waals surface area contributed by atoms with Gasteiger partial charge >= 0.3 is 0 Å². The van der Waals surface area contributed by atoms with Crippen molar-refractivity contribution in [1.82, 2.24) is 5.48 Å². The minimum Gasteiger partial charge on any atom is -0.386 e. The lowest BCUT2D eigenvalue weighted by molar-refractivity contribution is -0.116. The first-order valence-corrected chi connectivity index (χ1v) is 9.25. The summed E-state index contributed by atoms with van der Waals surface area (Å²) >= 11 is 0. The van der Waals surface area contributed by atoms with E-state index in [0.717, 1.165) is 23.3 Å². The van der Waals surface area contributed by atoms with E-state index >= 15 is 0 Å². The van der Waals surface area contributed by atoms with Gasteiger partial charge in [-0.15, -0.1) is 0 Å². The standard InChI is InChI=1S/C20H29NO2/c1-14(21-23-13-19(22)18-5-3-2-4-6-18)20-10-15-7-16(11-20)9-17(8-15)12-20/h2-6,14-17,19,21-22H,7-13H2,1H3/t14-,15?,16?,17?,19+,20?/m1/s1. The molecular formula is C20H29NO2. The summed E-state index contributed by atoms with van der Waals surface area (Å²) in [5.74, 6) is 2.88. The fraction of sp³-hybridized carbons (Fsp3) is 0.700. The molecular weight excluding hydrogens is 286 g/mol. The summed E-state index contributed by atoms with van der Waals surface area (Å²) in [6, 6.07) is 10.1. The van der Waals surface area contributed by atoms with Crippen LogP contribution in [0, 0.1) is 23.2 Å². The van der Waals surface area contributed by atoms with E-state index in [2.05, 4.69) is 12.4 Å². The van der Waals surface area contributed by atoms with Crippen molar-refractivity contribution in [1.29, 1.82) is 0 Å². The van der Waals surface area contributed by atoms with E-state index in [0.29, 0.717) is 18.1 Å². The number of rotatable bonds is 6. The minimum atomic E-state index is -0.563. The zero-order chi connectivity index (χ0) is 15.9. The maximum absolute atomic E-state index is 10.2. The van der Waals surface area contributed by atoms with Crippen LogP contribution in [0.1, 0.15) is 57.1 Å². The summed E-state index contributed by atoms with van der Waals surface area (Å²) in [6.07, 6.45) is 7.97. The molecule has 3 nitrogen and oxygen atoms in total. The average Bonchev–Trinajstić information content (AvgIpc) is 2.54. The third kappa shape index (κ3) is 3.07. The molecule has 0 heterocycles.